The van der Waals surface area contributed by atoms with E-state index in [1.807, 2.05) is 36.4 Å². The number of hydrogen-bond donors (Lipinski definition) is 0. The number of hydrogen-bond acceptors (Lipinski definition) is 1. The molecule has 2 atom stereocenters. The largest absolute Gasteiger partial charge is 4.00 e. The van der Waals surface area contributed by atoms with Crippen molar-refractivity contribution in [2.45, 2.75) is 83.5 Å². The second kappa shape index (κ2) is 26.1. The van der Waals surface area contributed by atoms with Crippen LogP contribution in [0.4, 0.5) is 0 Å². The smallest absolute Gasteiger partial charge is 0.668 e. The molecule has 2 nitrogen and oxygen atoms in total. The maximum atomic E-state index is 11.1. The Labute approximate surface area is 290 Å². The van der Waals surface area contributed by atoms with Gasteiger partial charge in [-0.25, -0.2) is 0 Å². The van der Waals surface area contributed by atoms with Crippen LogP contribution in [0.5, 0.6) is 0 Å². The first-order valence-electron chi connectivity index (χ1n) is 15.5. The molecule has 3 aliphatic rings. The average Bonchev–Trinajstić information content (AvgIpc) is 3.47. The molecule has 1 amide bonds. The molecular weight excluding hydrogens is 586 g/mol. The summed E-state index contributed by atoms with van der Waals surface area (Å²) < 4.78 is 0. The van der Waals surface area contributed by atoms with Crippen LogP contribution in [0.25, 0.3) is 16.9 Å². The standard InChI is InChI=1S/C16H14.C13H25NO.C9H11.2CH3.H4Si.Ti/c1-13(15-9-5-3-6-10-15)14(2)16-11-7-4-8-12-16;14-13(15)12-10-8-6-4-2-1-3-5-7-9-11-12;1-2-5-9-7-3-6-8(9)4-1;;;;/h3-12H,1-2H2;12H,1-11H2,(H2,14,15);1-2,4-6,8-9H,3,7H2;2*1H3;1H4;/q;;3*-1;;+4/p-1. The van der Waals surface area contributed by atoms with Crippen LogP contribution in [0.1, 0.15) is 94.6 Å². The minimum Gasteiger partial charge on any atom is -0.668 e. The number of amides is 1. The van der Waals surface area contributed by atoms with Crippen molar-refractivity contribution in [1.82, 2.24) is 0 Å². The van der Waals surface area contributed by atoms with Crippen LogP contribution < -0.4 is 0 Å². The molecule has 238 valence electrons. The summed E-state index contributed by atoms with van der Waals surface area (Å²) in [6, 6.07) is 20.3. The summed E-state index contributed by atoms with van der Waals surface area (Å²) in [4.78, 5) is 11.1. The van der Waals surface area contributed by atoms with Crippen molar-refractivity contribution in [1.29, 1.82) is 0 Å². The third kappa shape index (κ3) is 16.2. The predicted octanol–water partition coefficient (Wildman–Crippen LogP) is 10.7. The van der Waals surface area contributed by atoms with E-state index >= 15 is 0 Å². The molecule has 2 saturated carbocycles. The van der Waals surface area contributed by atoms with Crippen LogP contribution in [0.2, 0.25) is 0 Å². The third-order valence-electron chi connectivity index (χ3n) is 8.32. The molecular formula is C40H59NOSiTi. The van der Waals surface area contributed by atoms with Gasteiger partial charge in [-0.1, -0.05) is 156 Å². The molecule has 1 N–H and O–H groups in total. The molecule has 0 saturated heterocycles. The molecule has 0 aromatic heterocycles. The molecule has 3 aliphatic carbocycles. The Balaban J connectivity index is 0. The second-order valence-corrected chi connectivity index (χ2v) is 11.3. The van der Waals surface area contributed by atoms with Gasteiger partial charge >= 0.3 is 21.7 Å². The molecule has 5 rings (SSSR count). The van der Waals surface area contributed by atoms with Crippen molar-refractivity contribution in [3.63, 3.8) is 0 Å². The van der Waals surface area contributed by atoms with Crippen molar-refractivity contribution in [3.8, 4) is 0 Å². The van der Waals surface area contributed by atoms with Crippen molar-refractivity contribution in [2.75, 3.05) is 0 Å². The normalized spacial score (nSPS) is 19.3. The van der Waals surface area contributed by atoms with Crippen molar-refractivity contribution < 1.29 is 26.5 Å². The zero-order valence-electron chi connectivity index (χ0n) is 26.9. The Kier molecular flexibility index (Phi) is 26.0. The molecule has 0 bridgehead atoms. The summed E-state index contributed by atoms with van der Waals surface area (Å²) >= 11 is 0. The summed E-state index contributed by atoms with van der Waals surface area (Å²) in [5.74, 6) is 1.33. The summed E-state index contributed by atoms with van der Waals surface area (Å²) in [5, 5.41) is 0. The van der Waals surface area contributed by atoms with Gasteiger partial charge in [0, 0.05) is 5.92 Å². The van der Waals surface area contributed by atoms with Crippen LogP contribution in [0.15, 0.2) is 98.1 Å². The molecule has 0 aliphatic heterocycles. The van der Waals surface area contributed by atoms with Crippen LogP contribution in [0.3, 0.4) is 0 Å². The number of benzene rings is 2. The molecule has 2 unspecified atom stereocenters. The van der Waals surface area contributed by atoms with Crippen LogP contribution in [-0.2, 0) is 26.5 Å². The number of rotatable bonds is 4. The number of nitrogens with one attached hydrogen (secondary N) is 1. The van der Waals surface area contributed by atoms with Gasteiger partial charge in [0.25, 0.3) is 0 Å². The Bertz CT molecular complexity index is 1020. The molecule has 0 radical (unpaired) electrons. The minimum absolute atomic E-state index is 0. The fraction of sp³-hybridized carbons (Fsp3) is 0.400. The number of carbonyl (C=O) groups excluding carboxylic acids is 1. The van der Waals surface area contributed by atoms with Gasteiger partial charge in [0.2, 0.25) is 0 Å². The minimum atomic E-state index is -0.327. The molecule has 0 spiro atoms. The Morgan fingerprint density at radius 2 is 1.07 bits per heavy atom. The summed E-state index contributed by atoms with van der Waals surface area (Å²) in [6.45, 7) is 8.20. The SMILES string of the molecule is C1=CC2[CH-]CCC2C=C1.C=C(C(=C)c1ccccc1)c1ccccc1.[CH3-].[CH3-].[NH-]C(=O)C1CCCCCCCCCCC1.[SiH4].[Ti+4]. The van der Waals surface area contributed by atoms with E-state index in [-0.39, 0.29) is 59.4 Å². The fourth-order valence-corrected chi connectivity index (χ4v) is 5.75. The molecule has 2 aromatic rings. The first kappa shape index (κ1) is 43.9. The average molecular weight is 646 g/mol. The van der Waals surface area contributed by atoms with E-state index in [0.29, 0.717) is 0 Å². The van der Waals surface area contributed by atoms with Gasteiger partial charge in [-0.3, -0.25) is 0 Å². The van der Waals surface area contributed by atoms with E-state index in [1.54, 1.807) is 0 Å². The van der Waals surface area contributed by atoms with Crippen LogP contribution >= 0.6 is 0 Å². The molecule has 0 heterocycles. The van der Waals surface area contributed by atoms with Crippen LogP contribution in [0, 0.1) is 39.0 Å². The predicted molar refractivity (Wildman–Crippen MR) is 198 cm³/mol. The molecule has 2 fully saturated rings. The van der Waals surface area contributed by atoms with E-state index in [9.17, 15) is 4.79 Å². The Morgan fingerprint density at radius 3 is 1.48 bits per heavy atom. The van der Waals surface area contributed by atoms with Gasteiger partial charge in [0.05, 0.1) is 5.91 Å². The molecule has 44 heavy (non-hydrogen) atoms. The summed E-state index contributed by atoms with van der Waals surface area (Å²) in [5.41, 5.74) is 11.4. The first-order chi connectivity index (χ1) is 19.6. The molecule has 4 heteroatoms. The Hall–Kier alpha value is -2.20. The zero-order valence-corrected chi connectivity index (χ0v) is 28.5. The summed E-state index contributed by atoms with van der Waals surface area (Å²) in [7, 11) is 0. The monoisotopic (exact) mass is 645 g/mol. The van der Waals surface area contributed by atoms with Crippen molar-refractivity contribution >= 4 is 28.0 Å². The topological polar surface area (TPSA) is 40.9 Å². The Morgan fingerprint density at radius 1 is 0.659 bits per heavy atom. The van der Waals surface area contributed by atoms with Gasteiger partial charge in [-0.2, -0.15) is 6.42 Å². The van der Waals surface area contributed by atoms with E-state index in [1.165, 1.54) is 57.8 Å². The van der Waals surface area contributed by atoms with Gasteiger partial charge in [-0.05, 0) is 52.0 Å². The zero-order chi connectivity index (χ0) is 28.4. The van der Waals surface area contributed by atoms with E-state index < -0.39 is 0 Å². The quantitative estimate of drug-likeness (QED) is 0.185. The van der Waals surface area contributed by atoms with Gasteiger partial charge in [0.15, 0.2) is 0 Å². The summed E-state index contributed by atoms with van der Waals surface area (Å²) in [6.07, 6.45) is 27.5. The maximum Gasteiger partial charge on any atom is 4.00 e. The van der Waals surface area contributed by atoms with Crippen molar-refractivity contribution in [3.05, 3.63) is 136 Å². The van der Waals surface area contributed by atoms with Crippen LogP contribution in [-0.4, -0.2) is 16.9 Å². The van der Waals surface area contributed by atoms with Gasteiger partial charge in [-0.15, -0.1) is 12.0 Å². The number of carbonyl (C=O) groups is 1. The maximum absolute atomic E-state index is 11.1. The van der Waals surface area contributed by atoms with Gasteiger partial charge in [0.1, 0.15) is 0 Å². The van der Waals surface area contributed by atoms with Crippen molar-refractivity contribution in [2.24, 2.45) is 17.8 Å². The van der Waals surface area contributed by atoms with E-state index in [2.05, 4.69) is 68.1 Å². The molecule has 2 aromatic carbocycles. The third-order valence-corrected chi connectivity index (χ3v) is 8.32. The second-order valence-electron chi connectivity index (χ2n) is 11.3. The first-order valence-corrected chi connectivity index (χ1v) is 15.5. The van der Waals surface area contributed by atoms with Gasteiger partial charge < -0.3 is 31.8 Å². The number of fused-ring (bicyclic) bond motifs is 1. The van der Waals surface area contributed by atoms with E-state index in [0.717, 1.165) is 59.8 Å². The van der Waals surface area contributed by atoms with E-state index in [4.69, 9.17) is 5.73 Å². The number of allylic oxidation sites excluding steroid dienone is 6. The fourth-order valence-electron chi connectivity index (χ4n) is 5.75.